The van der Waals surface area contributed by atoms with Gasteiger partial charge in [-0.3, -0.25) is 0 Å². The van der Waals surface area contributed by atoms with Crippen LogP contribution in [0, 0.1) is 0 Å². The molecule has 1 atom stereocenters. The first kappa shape index (κ1) is 18.3. The zero-order chi connectivity index (χ0) is 16.4. The average molecular weight is 319 g/mol. The molecule has 0 aliphatic carbocycles. The largest absolute Gasteiger partial charge is 0.490 e. The van der Waals surface area contributed by atoms with Crippen molar-refractivity contribution in [3.63, 3.8) is 0 Å². The summed E-state index contributed by atoms with van der Waals surface area (Å²) in [6.07, 6.45) is 13.6. The van der Waals surface area contributed by atoms with Gasteiger partial charge in [0.2, 0.25) is 0 Å². The van der Waals surface area contributed by atoms with Gasteiger partial charge >= 0.3 is 0 Å². The number of benzene rings is 1. The van der Waals surface area contributed by atoms with E-state index in [1.807, 2.05) is 6.07 Å². The Labute approximate surface area is 142 Å². The molecule has 0 N–H and O–H groups in total. The molecule has 23 heavy (non-hydrogen) atoms. The van der Waals surface area contributed by atoms with Gasteiger partial charge in [0.15, 0.2) is 0 Å². The third-order valence-corrected chi connectivity index (χ3v) is 4.65. The fourth-order valence-electron chi connectivity index (χ4n) is 2.87. The van der Waals surface area contributed by atoms with Crippen molar-refractivity contribution >= 4 is 0 Å². The number of ether oxygens (including phenoxy) is 2. The molecule has 2 rings (SSSR count). The topological polar surface area (TPSA) is 21.8 Å². The number of rotatable bonds is 13. The molecule has 130 valence electrons. The van der Waals surface area contributed by atoms with Gasteiger partial charge < -0.3 is 9.47 Å². The summed E-state index contributed by atoms with van der Waals surface area (Å²) in [6, 6.07) is 8.56. The van der Waals surface area contributed by atoms with Gasteiger partial charge in [0.05, 0.1) is 6.61 Å². The molecule has 0 bridgehead atoms. The standard InChI is InChI=1S/C21H34O2/c1-3-4-5-6-7-8-9-10-11-13-19-14-12-15-20(16-19)22-17-21(2)18-23-21/h12,14-16H,3-11,13,17-18H2,1-2H3. The second-order valence-electron chi connectivity index (χ2n) is 7.25. The summed E-state index contributed by atoms with van der Waals surface area (Å²) in [7, 11) is 0. The van der Waals surface area contributed by atoms with Crippen molar-refractivity contribution < 1.29 is 9.47 Å². The highest BCUT2D eigenvalue weighted by molar-refractivity contribution is 5.28. The Hall–Kier alpha value is -1.02. The van der Waals surface area contributed by atoms with Gasteiger partial charge in [0.25, 0.3) is 0 Å². The fraction of sp³-hybridized carbons (Fsp3) is 0.714. The molecule has 1 unspecified atom stereocenters. The molecule has 0 radical (unpaired) electrons. The van der Waals surface area contributed by atoms with E-state index in [2.05, 4.69) is 32.0 Å². The van der Waals surface area contributed by atoms with Crippen LogP contribution in [0.25, 0.3) is 0 Å². The summed E-state index contributed by atoms with van der Waals surface area (Å²) in [6.45, 7) is 5.86. The summed E-state index contributed by atoms with van der Waals surface area (Å²) in [5.41, 5.74) is 1.36. The molecule has 1 aromatic rings. The van der Waals surface area contributed by atoms with Crippen LogP contribution >= 0.6 is 0 Å². The van der Waals surface area contributed by atoms with Crippen molar-refractivity contribution in [2.45, 2.75) is 83.7 Å². The van der Waals surface area contributed by atoms with Crippen molar-refractivity contribution in [2.24, 2.45) is 0 Å². The number of hydrogen-bond donors (Lipinski definition) is 0. The van der Waals surface area contributed by atoms with E-state index in [0.717, 1.165) is 12.4 Å². The Morgan fingerprint density at radius 3 is 2.30 bits per heavy atom. The van der Waals surface area contributed by atoms with Crippen molar-refractivity contribution in [3.05, 3.63) is 29.8 Å². The maximum Gasteiger partial charge on any atom is 0.123 e. The molecule has 0 saturated carbocycles. The van der Waals surface area contributed by atoms with Crippen LogP contribution in [-0.4, -0.2) is 18.8 Å². The van der Waals surface area contributed by atoms with E-state index in [0.29, 0.717) is 6.61 Å². The summed E-state index contributed by atoms with van der Waals surface area (Å²) in [5, 5.41) is 0. The molecule has 2 nitrogen and oxygen atoms in total. The van der Waals surface area contributed by atoms with Crippen LogP contribution in [0.2, 0.25) is 0 Å². The highest BCUT2D eigenvalue weighted by Gasteiger charge is 2.40. The second kappa shape index (κ2) is 9.97. The zero-order valence-corrected chi connectivity index (χ0v) is 15.1. The van der Waals surface area contributed by atoms with Crippen molar-refractivity contribution in [1.29, 1.82) is 0 Å². The molecule has 0 aromatic heterocycles. The summed E-state index contributed by atoms with van der Waals surface area (Å²) in [5.74, 6) is 0.982. The normalized spacial score (nSPS) is 19.7. The first-order valence-electron chi connectivity index (χ1n) is 9.57. The lowest BCUT2D eigenvalue weighted by Crippen LogP contribution is -2.16. The highest BCUT2D eigenvalue weighted by atomic mass is 16.6. The predicted octanol–water partition coefficient (Wildman–Crippen LogP) is 5.93. The van der Waals surface area contributed by atoms with E-state index in [9.17, 15) is 0 Å². The zero-order valence-electron chi connectivity index (χ0n) is 15.1. The third kappa shape index (κ3) is 7.87. The van der Waals surface area contributed by atoms with Crippen molar-refractivity contribution in [1.82, 2.24) is 0 Å². The van der Waals surface area contributed by atoms with Gasteiger partial charge in [-0.05, 0) is 37.5 Å². The maximum absolute atomic E-state index is 5.84. The van der Waals surface area contributed by atoms with Gasteiger partial charge in [-0.1, -0.05) is 70.4 Å². The van der Waals surface area contributed by atoms with E-state index in [1.54, 1.807) is 0 Å². The molecule has 0 spiro atoms. The molecule has 1 aliphatic heterocycles. The molecule has 1 fully saturated rings. The summed E-state index contributed by atoms with van der Waals surface area (Å²) >= 11 is 0. The molecule has 1 saturated heterocycles. The number of epoxide rings is 1. The van der Waals surface area contributed by atoms with Crippen LogP contribution in [0.15, 0.2) is 24.3 Å². The van der Waals surface area contributed by atoms with Gasteiger partial charge in [0, 0.05) is 0 Å². The minimum Gasteiger partial charge on any atom is -0.490 e. The van der Waals surface area contributed by atoms with E-state index in [-0.39, 0.29) is 5.60 Å². The first-order chi connectivity index (χ1) is 11.2. The van der Waals surface area contributed by atoms with E-state index in [4.69, 9.17) is 9.47 Å². The highest BCUT2D eigenvalue weighted by Crippen LogP contribution is 2.27. The van der Waals surface area contributed by atoms with E-state index in [1.165, 1.54) is 69.8 Å². The van der Waals surface area contributed by atoms with Crippen LogP contribution in [0.4, 0.5) is 0 Å². The van der Waals surface area contributed by atoms with Gasteiger partial charge in [-0.2, -0.15) is 0 Å². The van der Waals surface area contributed by atoms with Crippen LogP contribution < -0.4 is 4.74 Å². The molecule has 0 amide bonds. The van der Waals surface area contributed by atoms with Gasteiger partial charge in [-0.25, -0.2) is 0 Å². The minimum absolute atomic E-state index is 0.0346. The quantitative estimate of drug-likeness (QED) is 0.332. The first-order valence-corrected chi connectivity index (χ1v) is 9.57. The Morgan fingerprint density at radius 2 is 1.65 bits per heavy atom. The molecular formula is C21H34O2. The fourth-order valence-corrected chi connectivity index (χ4v) is 2.87. The van der Waals surface area contributed by atoms with Crippen LogP contribution in [0.1, 0.15) is 77.2 Å². The molecule has 2 heteroatoms. The third-order valence-electron chi connectivity index (χ3n) is 4.65. The SMILES string of the molecule is CCCCCCCCCCCc1cccc(OCC2(C)CO2)c1. The summed E-state index contributed by atoms with van der Waals surface area (Å²) in [4.78, 5) is 0. The van der Waals surface area contributed by atoms with E-state index >= 15 is 0 Å². The maximum atomic E-state index is 5.84. The summed E-state index contributed by atoms with van der Waals surface area (Å²) < 4.78 is 11.2. The van der Waals surface area contributed by atoms with Crippen LogP contribution in [-0.2, 0) is 11.2 Å². The Bertz CT molecular complexity index is 437. The second-order valence-corrected chi connectivity index (χ2v) is 7.25. The predicted molar refractivity (Wildman–Crippen MR) is 97.2 cm³/mol. The minimum atomic E-state index is -0.0346. The smallest absolute Gasteiger partial charge is 0.123 e. The van der Waals surface area contributed by atoms with E-state index < -0.39 is 0 Å². The Morgan fingerprint density at radius 1 is 1.00 bits per heavy atom. The lowest BCUT2D eigenvalue weighted by atomic mass is 10.0. The van der Waals surface area contributed by atoms with Crippen molar-refractivity contribution in [3.8, 4) is 5.75 Å². The van der Waals surface area contributed by atoms with Gasteiger partial charge in [-0.15, -0.1) is 0 Å². The van der Waals surface area contributed by atoms with Gasteiger partial charge in [0.1, 0.15) is 18.0 Å². The monoisotopic (exact) mass is 318 g/mol. The molecule has 1 heterocycles. The lowest BCUT2D eigenvalue weighted by molar-refractivity contribution is 0.202. The average Bonchev–Trinajstić information content (AvgIpc) is 3.30. The molecule has 1 aromatic carbocycles. The Balaban J connectivity index is 1.53. The molecule has 1 aliphatic rings. The Kier molecular flexibility index (Phi) is 7.94. The number of unbranched alkanes of at least 4 members (excludes halogenated alkanes) is 8. The van der Waals surface area contributed by atoms with Crippen molar-refractivity contribution in [2.75, 3.05) is 13.2 Å². The van der Waals surface area contributed by atoms with Crippen LogP contribution in [0.3, 0.4) is 0 Å². The lowest BCUT2D eigenvalue weighted by Gasteiger charge is -2.10. The van der Waals surface area contributed by atoms with Crippen LogP contribution in [0.5, 0.6) is 5.75 Å². The number of aryl methyl sites for hydroxylation is 1. The molecular weight excluding hydrogens is 284 g/mol. The number of hydrogen-bond acceptors (Lipinski definition) is 2.